The highest BCUT2D eigenvalue weighted by molar-refractivity contribution is 5.77. The van der Waals surface area contributed by atoms with Crippen LogP contribution in [0.3, 0.4) is 0 Å². The molecule has 1 saturated heterocycles. The summed E-state index contributed by atoms with van der Waals surface area (Å²) in [4.78, 5) is 22.5. The van der Waals surface area contributed by atoms with Crippen molar-refractivity contribution in [3.63, 3.8) is 0 Å². The van der Waals surface area contributed by atoms with Gasteiger partial charge in [-0.05, 0) is 68.3 Å². The molecule has 0 spiro atoms. The lowest BCUT2D eigenvalue weighted by molar-refractivity contribution is -0.144. The van der Waals surface area contributed by atoms with E-state index >= 15 is 0 Å². The number of hydrogen-bond donors (Lipinski definition) is 1. The van der Waals surface area contributed by atoms with Crippen molar-refractivity contribution in [3.8, 4) is 5.75 Å². The number of phenols is 1. The maximum atomic E-state index is 13.6. The Morgan fingerprint density at radius 2 is 1.65 bits per heavy atom. The molecule has 1 aliphatic heterocycles. The Kier molecular flexibility index (Phi) is 9.54. The van der Waals surface area contributed by atoms with Gasteiger partial charge in [0.1, 0.15) is 11.9 Å². The van der Waals surface area contributed by atoms with Gasteiger partial charge in [0.25, 0.3) is 0 Å². The molecule has 1 fully saturated rings. The van der Waals surface area contributed by atoms with Crippen molar-refractivity contribution in [1.29, 1.82) is 0 Å². The maximum Gasteiger partial charge on any atom is 0.224 e. The first-order valence-electron chi connectivity index (χ1n) is 14.3. The zero-order chi connectivity index (χ0) is 28.8. The number of benzene rings is 3. The summed E-state index contributed by atoms with van der Waals surface area (Å²) in [6, 6.07) is 26.6. The number of aromatic hydroxyl groups is 1. The molecule has 0 aliphatic carbocycles. The summed E-state index contributed by atoms with van der Waals surface area (Å²) in [7, 11) is 4.23. The zero-order valence-corrected chi connectivity index (χ0v) is 24.6. The first kappa shape index (κ1) is 29.2. The van der Waals surface area contributed by atoms with Crippen molar-refractivity contribution in [2.45, 2.75) is 65.0 Å². The molecule has 1 amide bonds. The lowest BCUT2D eigenvalue weighted by Gasteiger charge is -2.51. The van der Waals surface area contributed by atoms with Crippen molar-refractivity contribution < 1.29 is 9.90 Å². The van der Waals surface area contributed by atoms with Gasteiger partial charge in [-0.15, -0.1) is 0 Å². The normalized spacial score (nSPS) is 17.5. The predicted octanol–water partition coefficient (Wildman–Crippen LogP) is 5.87. The molecule has 40 heavy (non-hydrogen) atoms. The smallest absolute Gasteiger partial charge is 0.224 e. The van der Waals surface area contributed by atoms with Crippen molar-refractivity contribution in [2.24, 2.45) is 0 Å². The molecule has 0 bridgehead atoms. The third-order valence-electron chi connectivity index (χ3n) is 8.04. The second-order valence-corrected chi connectivity index (χ2v) is 11.2. The third kappa shape index (κ3) is 6.86. The molecule has 1 unspecified atom stereocenters. The van der Waals surface area contributed by atoms with E-state index in [0.717, 1.165) is 17.8 Å². The summed E-state index contributed by atoms with van der Waals surface area (Å²) in [5.74, 6) is 0.358. The molecule has 6 nitrogen and oxygen atoms in total. The van der Waals surface area contributed by atoms with Crippen LogP contribution in [0.1, 0.15) is 43.9 Å². The van der Waals surface area contributed by atoms with E-state index in [4.69, 9.17) is 0 Å². The van der Waals surface area contributed by atoms with Gasteiger partial charge >= 0.3 is 0 Å². The minimum absolute atomic E-state index is 0.120. The van der Waals surface area contributed by atoms with Crippen molar-refractivity contribution in [2.75, 3.05) is 25.5 Å². The second-order valence-electron chi connectivity index (χ2n) is 11.2. The monoisotopic (exact) mass is 540 g/mol. The van der Waals surface area contributed by atoms with Gasteiger partial charge in [-0.25, -0.2) is 0 Å². The summed E-state index contributed by atoms with van der Waals surface area (Å²) in [6.45, 7) is 13.0. The molecule has 1 aliphatic rings. The predicted molar refractivity (Wildman–Crippen MR) is 164 cm³/mol. The van der Waals surface area contributed by atoms with Gasteiger partial charge in [0, 0.05) is 44.0 Å². The lowest BCUT2D eigenvalue weighted by Crippen LogP contribution is -2.64. The summed E-state index contributed by atoms with van der Waals surface area (Å²) < 4.78 is 0. The van der Waals surface area contributed by atoms with Crippen LogP contribution in [0, 0.1) is 0 Å². The lowest BCUT2D eigenvalue weighted by atomic mass is 9.96. The number of carbonyl (C=O) groups is 1. The number of anilines is 1. The van der Waals surface area contributed by atoms with E-state index in [1.54, 1.807) is 12.1 Å². The van der Waals surface area contributed by atoms with Crippen molar-refractivity contribution in [1.82, 2.24) is 14.7 Å². The van der Waals surface area contributed by atoms with Crippen LogP contribution in [0.5, 0.6) is 5.75 Å². The van der Waals surface area contributed by atoms with E-state index in [2.05, 4.69) is 103 Å². The maximum absolute atomic E-state index is 13.6. The zero-order valence-electron chi connectivity index (χ0n) is 24.6. The fourth-order valence-corrected chi connectivity index (χ4v) is 5.46. The number of nitrogens with zero attached hydrogens (tertiary/aromatic N) is 4. The van der Waals surface area contributed by atoms with Gasteiger partial charge in [-0.1, -0.05) is 68.1 Å². The number of rotatable bonds is 10. The fraction of sp³-hybridized carbons (Fsp3) is 0.382. The SMILES string of the molecule is C=C1[C@H](Cc2ccc(O)cc2)N(C(=O)CC)C(N(C)Cc2ccccc2)CN1Cc1cccc(N(C)C(C)C)c1. The molecule has 0 saturated carbocycles. The highest BCUT2D eigenvalue weighted by Gasteiger charge is 2.41. The van der Waals surface area contributed by atoms with Crippen molar-refractivity contribution >= 4 is 11.6 Å². The molecule has 0 aromatic heterocycles. The van der Waals surface area contributed by atoms with Crippen molar-refractivity contribution in [3.05, 3.63) is 108 Å². The highest BCUT2D eigenvalue weighted by atomic mass is 16.3. The number of likely N-dealkylation sites (N-methyl/N-ethyl adjacent to an activating group) is 1. The fourth-order valence-electron chi connectivity index (χ4n) is 5.46. The Morgan fingerprint density at radius 3 is 2.30 bits per heavy atom. The summed E-state index contributed by atoms with van der Waals surface area (Å²) in [6.07, 6.45) is 0.938. The molecule has 212 valence electrons. The van der Waals surface area contributed by atoms with Crippen LogP contribution in [-0.2, 0) is 24.3 Å². The molecule has 1 N–H and O–H groups in total. The first-order valence-corrected chi connectivity index (χ1v) is 14.3. The largest absolute Gasteiger partial charge is 0.508 e. The van der Waals surface area contributed by atoms with Crippen LogP contribution in [0.15, 0.2) is 91.1 Å². The van der Waals surface area contributed by atoms with Crippen LogP contribution in [0.4, 0.5) is 5.69 Å². The molecular formula is C34H44N4O2. The average Bonchev–Trinajstić information content (AvgIpc) is 2.95. The van der Waals surface area contributed by atoms with Gasteiger partial charge in [0.05, 0.1) is 12.6 Å². The van der Waals surface area contributed by atoms with Crippen LogP contribution in [0.25, 0.3) is 0 Å². The molecule has 4 rings (SSSR count). The summed E-state index contributed by atoms with van der Waals surface area (Å²) >= 11 is 0. The van der Waals surface area contributed by atoms with Gasteiger partial charge in [0.2, 0.25) is 5.91 Å². The van der Waals surface area contributed by atoms with Crippen LogP contribution in [-0.4, -0.2) is 64.6 Å². The van der Waals surface area contributed by atoms with E-state index in [9.17, 15) is 9.90 Å². The number of piperazine rings is 1. The van der Waals surface area contributed by atoms with Gasteiger partial charge in [-0.2, -0.15) is 0 Å². The van der Waals surface area contributed by atoms with Gasteiger partial charge in [0.15, 0.2) is 0 Å². The number of amides is 1. The minimum atomic E-state index is -0.199. The molecule has 3 aromatic carbocycles. The Labute approximate surface area is 240 Å². The molecule has 0 radical (unpaired) electrons. The Balaban J connectivity index is 1.69. The molecule has 3 aromatic rings. The highest BCUT2D eigenvalue weighted by Crippen LogP contribution is 2.31. The molecule has 6 heteroatoms. The van der Waals surface area contributed by atoms with E-state index < -0.39 is 0 Å². The number of hydrogen-bond acceptors (Lipinski definition) is 5. The molecule has 2 atom stereocenters. The van der Waals surface area contributed by atoms with Gasteiger partial charge < -0.3 is 19.8 Å². The summed E-state index contributed by atoms with van der Waals surface area (Å²) in [5, 5.41) is 9.85. The van der Waals surface area contributed by atoms with E-state index in [-0.39, 0.29) is 23.9 Å². The van der Waals surface area contributed by atoms with E-state index in [0.29, 0.717) is 32.0 Å². The number of phenolic OH excluding ortho intramolecular Hbond substituents is 1. The van der Waals surface area contributed by atoms with Crippen LogP contribution in [0.2, 0.25) is 0 Å². The topological polar surface area (TPSA) is 50.3 Å². The Morgan fingerprint density at radius 1 is 0.975 bits per heavy atom. The van der Waals surface area contributed by atoms with E-state index in [1.807, 2.05) is 25.1 Å². The molecule has 1 heterocycles. The van der Waals surface area contributed by atoms with Gasteiger partial charge in [-0.3, -0.25) is 9.69 Å². The minimum Gasteiger partial charge on any atom is -0.508 e. The quantitative estimate of drug-likeness (QED) is 0.348. The number of carbonyl (C=O) groups excluding carboxylic acids is 1. The van der Waals surface area contributed by atoms with Crippen LogP contribution < -0.4 is 4.90 Å². The van der Waals surface area contributed by atoms with Crippen LogP contribution >= 0.6 is 0 Å². The Hall–Kier alpha value is -3.77. The third-order valence-corrected chi connectivity index (χ3v) is 8.04. The first-order chi connectivity index (χ1) is 19.2. The Bertz CT molecular complexity index is 1270. The molecular weight excluding hydrogens is 496 g/mol. The summed E-state index contributed by atoms with van der Waals surface area (Å²) in [5.41, 5.74) is 5.63. The van der Waals surface area contributed by atoms with E-state index in [1.165, 1.54) is 16.8 Å². The standard InChI is InChI=1S/C34H44N4O2/c1-7-34(40)38-32(21-27-16-18-31(39)19-17-27)26(4)37(23-29-14-11-15-30(20-29)36(6)25(2)3)24-33(38)35(5)22-28-12-9-8-10-13-28/h8-20,25,32-33,39H,4,7,21-24H2,1-3,5-6H3/t32-,33?/m0/s1. The second kappa shape index (κ2) is 13.1. The average molecular weight is 541 g/mol.